The van der Waals surface area contributed by atoms with Gasteiger partial charge in [0.1, 0.15) is 0 Å². The quantitative estimate of drug-likeness (QED) is 0.874. The first-order valence-corrected chi connectivity index (χ1v) is 6.94. The first kappa shape index (κ1) is 12.6. The molecule has 0 saturated heterocycles. The summed E-state index contributed by atoms with van der Waals surface area (Å²) in [6, 6.07) is 6.53. The van der Waals surface area contributed by atoms with Gasteiger partial charge in [-0.25, -0.2) is 0 Å². The van der Waals surface area contributed by atoms with Gasteiger partial charge < -0.3 is 14.8 Å². The maximum absolute atomic E-state index is 5.40. The number of nitrogens with one attached hydrogen (secondary N) is 1. The molecule has 1 aromatic carbocycles. The summed E-state index contributed by atoms with van der Waals surface area (Å²) < 4.78 is 10.7. The fourth-order valence-electron chi connectivity index (χ4n) is 1.76. The molecule has 1 aliphatic heterocycles. The molecule has 2 rings (SSSR count). The van der Waals surface area contributed by atoms with E-state index in [0.29, 0.717) is 18.1 Å². The lowest BCUT2D eigenvalue weighted by Gasteiger charge is -2.17. The van der Waals surface area contributed by atoms with Crippen LogP contribution in [0, 0.1) is 0 Å². The Morgan fingerprint density at radius 2 is 2.06 bits per heavy atom. The summed E-state index contributed by atoms with van der Waals surface area (Å²) in [5.74, 6) is 2.77. The van der Waals surface area contributed by atoms with Crippen LogP contribution in [0.5, 0.6) is 11.5 Å². The highest BCUT2D eigenvalue weighted by molar-refractivity contribution is 7.99. The first-order valence-electron chi connectivity index (χ1n) is 5.89. The molecule has 1 heterocycles. The Morgan fingerprint density at radius 1 is 1.29 bits per heavy atom. The second-order valence-corrected chi connectivity index (χ2v) is 5.95. The summed E-state index contributed by atoms with van der Waals surface area (Å²) in [6.07, 6.45) is 0. The van der Waals surface area contributed by atoms with Gasteiger partial charge in [0.05, 0.1) is 0 Å². The lowest BCUT2D eigenvalue weighted by atomic mass is 10.1. The highest BCUT2D eigenvalue weighted by Crippen LogP contribution is 2.34. The molecule has 0 bridgehead atoms. The van der Waals surface area contributed by atoms with Crippen LogP contribution in [0.3, 0.4) is 0 Å². The molecule has 0 radical (unpaired) electrons. The van der Waals surface area contributed by atoms with E-state index in [2.05, 4.69) is 31.3 Å². The summed E-state index contributed by atoms with van der Waals surface area (Å²) in [7, 11) is 2.00. The molecule has 1 N–H and O–H groups in total. The van der Waals surface area contributed by atoms with Crippen molar-refractivity contribution in [1.82, 2.24) is 5.32 Å². The van der Waals surface area contributed by atoms with Gasteiger partial charge in [0, 0.05) is 11.8 Å². The third-order valence-electron chi connectivity index (χ3n) is 2.74. The Labute approximate surface area is 107 Å². The smallest absolute Gasteiger partial charge is 0.231 e. The van der Waals surface area contributed by atoms with E-state index in [-0.39, 0.29) is 0 Å². The van der Waals surface area contributed by atoms with Crippen LogP contribution in [0.4, 0.5) is 0 Å². The van der Waals surface area contributed by atoms with Crippen LogP contribution in [0.2, 0.25) is 0 Å². The number of benzene rings is 1. The summed E-state index contributed by atoms with van der Waals surface area (Å²) in [5, 5.41) is 4.00. The first-order chi connectivity index (χ1) is 8.20. The van der Waals surface area contributed by atoms with E-state index in [4.69, 9.17) is 9.47 Å². The highest BCUT2D eigenvalue weighted by Gasteiger charge is 2.17. The normalized spacial score (nSPS) is 15.3. The maximum atomic E-state index is 5.40. The topological polar surface area (TPSA) is 30.5 Å². The molecule has 94 valence electrons. The Bertz CT molecular complexity index is 382. The van der Waals surface area contributed by atoms with Gasteiger partial charge in [-0.15, -0.1) is 0 Å². The molecular weight excluding hydrogens is 234 g/mol. The minimum atomic E-state index is 0.337. The molecular formula is C13H19NO2S. The van der Waals surface area contributed by atoms with E-state index in [1.54, 1.807) is 0 Å². The van der Waals surface area contributed by atoms with Crippen LogP contribution in [-0.2, 0) is 0 Å². The third kappa shape index (κ3) is 3.07. The number of fused-ring (bicyclic) bond motifs is 1. The molecule has 0 aromatic heterocycles. The van der Waals surface area contributed by atoms with E-state index in [0.717, 1.165) is 17.3 Å². The molecule has 0 fully saturated rings. The fraction of sp³-hybridized carbons (Fsp3) is 0.538. The molecule has 4 heteroatoms. The molecule has 3 nitrogen and oxygen atoms in total. The van der Waals surface area contributed by atoms with E-state index in [1.807, 2.05) is 24.9 Å². The van der Waals surface area contributed by atoms with E-state index >= 15 is 0 Å². The van der Waals surface area contributed by atoms with Crippen molar-refractivity contribution in [2.45, 2.75) is 25.1 Å². The van der Waals surface area contributed by atoms with Gasteiger partial charge in [0.2, 0.25) is 6.79 Å². The van der Waals surface area contributed by atoms with E-state index < -0.39 is 0 Å². The van der Waals surface area contributed by atoms with Gasteiger partial charge in [-0.05, 0) is 30.0 Å². The third-order valence-corrected chi connectivity index (χ3v) is 3.94. The number of thioether (sulfide) groups is 1. The number of rotatable bonds is 5. The average Bonchev–Trinajstić information content (AvgIpc) is 2.76. The largest absolute Gasteiger partial charge is 0.454 e. The van der Waals surface area contributed by atoms with Gasteiger partial charge in [-0.1, -0.05) is 19.9 Å². The predicted molar refractivity (Wildman–Crippen MR) is 72.0 cm³/mol. The zero-order chi connectivity index (χ0) is 12.3. The van der Waals surface area contributed by atoms with Crippen LogP contribution < -0.4 is 14.8 Å². The molecule has 17 heavy (non-hydrogen) atoms. The van der Waals surface area contributed by atoms with Crippen LogP contribution >= 0.6 is 11.8 Å². The monoisotopic (exact) mass is 253 g/mol. The van der Waals surface area contributed by atoms with E-state index in [1.165, 1.54) is 5.56 Å². The van der Waals surface area contributed by atoms with Crippen LogP contribution in [0.1, 0.15) is 25.5 Å². The van der Waals surface area contributed by atoms with Gasteiger partial charge in [-0.2, -0.15) is 11.8 Å². The van der Waals surface area contributed by atoms with E-state index in [9.17, 15) is 0 Å². The lowest BCUT2D eigenvalue weighted by molar-refractivity contribution is 0.174. The molecule has 0 spiro atoms. The molecule has 0 aliphatic carbocycles. The van der Waals surface area contributed by atoms with Gasteiger partial charge in [0.15, 0.2) is 11.5 Å². The molecule has 1 aromatic rings. The average molecular weight is 253 g/mol. The SMILES string of the molecule is CNC(CSC(C)C)c1ccc2c(c1)OCO2. The highest BCUT2D eigenvalue weighted by atomic mass is 32.2. The lowest BCUT2D eigenvalue weighted by Crippen LogP contribution is -2.19. The summed E-state index contributed by atoms with van der Waals surface area (Å²) in [4.78, 5) is 0. The van der Waals surface area contributed by atoms with Crippen molar-refractivity contribution in [2.75, 3.05) is 19.6 Å². The number of ether oxygens (including phenoxy) is 2. The molecule has 0 amide bonds. The van der Waals surface area contributed by atoms with Gasteiger partial charge in [0.25, 0.3) is 0 Å². The Morgan fingerprint density at radius 3 is 2.76 bits per heavy atom. The van der Waals surface area contributed by atoms with Crippen LogP contribution in [0.15, 0.2) is 18.2 Å². The van der Waals surface area contributed by atoms with Gasteiger partial charge >= 0.3 is 0 Å². The number of hydrogen-bond donors (Lipinski definition) is 1. The standard InChI is InChI=1S/C13H19NO2S/c1-9(2)17-7-11(14-3)10-4-5-12-13(6-10)16-8-15-12/h4-6,9,11,14H,7-8H2,1-3H3. The van der Waals surface area contributed by atoms with Crippen molar-refractivity contribution in [3.05, 3.63) is 23.8 Å². The summed E-state index contributed by atoms with van der Waals surface area (Å²) in [6.45, 7) is 4.78. The number of hydrogen-bond acceptors (Lipinski definition) is 4. The maximum Gasteiger partial charge on any atom is 0.231 e. The summed E-state index contributed by atoms with van der Waals surface area (Å²) in [5.41, 5.74) is 1.25. The Balaban J connectivity index is 2.08. The molecule has 1 unspecified atom stereocenters. The molecule has 1 atom stereocenters. The fourth-order valence-corrected chi connectivity index (χ4v) is 2.70. The van der Waals surface area contributed by atoms with Crippen molar-refractivity contribution in [2.24, 2.45) is 0 Å². The zero-order valence-electron chi connectivity index (χ0n) is 10.5. The van der Waals surface area contributed by atoms with Crippen molar-refractivity contribution >= 4 is 11.8 Å². The van der Waals surface area contributed by atoms with Crippen LogP contribution in [-0.4, -0.2) is 24.8 Å². The van der Waals surface area contributed by atoms with Gasteiger partial charge in [-0.3, -0.25) is 0 Å². The Kier molecular flexibility index (Phi) is 4.18. The zero-order valence-corrected chi connectivity index (χ0v) is 11.3. The minimum absolute atomic E-state index is 0.337. The predicted octanol–water partition coefficient (Wildman–Crippen LogP) is 2.82. The van der Waals surface area contributed by atoms with Crippen molar-refractivity contribution < 1.29 is 9.47 Å². The minimum Gasteiger partial charge on any atom is -0.454 e. The van der Waals surface area contributed by atoms with Crippen molar-refractivity contribution in [1.29, 1.82) is 0 Å². The Hall–Kier alpha value is -0.870. The van der Waals surface area contributed by atoms with Crippen molar-refractivity contribution in [3.8, 4) is 11.5 Å². The summed E-state index contributed by atoms with van der Waals surface area (Å²) >= 11 is 1.96. The van der Waals surface area contributed by atoms with Crippen molar-refractivity contribution in [3.63, 3.8) is 0 Å². The van der Waals surface area contributed by atoms with Crippen LogP contribution in [0.25, 0.3) is 0 Å². The second kappa shape index (κ2) is 5.65. The molecule has 0 saturated carbocycles. The second-order valence-electron chi connectivity index (χ2n) is 4.34. The molecule has 1 aliphatic rings.